The summed E-state index contributed by atoms with van der Waals surface area (Å²) in [5, 5.41) is 3.08. The van der Waals surface area contributed by atoms with E-state index in [0.29, 0.717) is 6.61 Å². The lowest BCUT2D eigenvalue weighted by atomic mass is 10.1. The highest BCUT2D eigenvalue weighted by atomic mass is 16.5. The van der Waals surface area contributed by atoms with Crippen LogP contribution >= 0.6 is 0 Å². The largest absolute Gasteiger partial charge is 0.489 e. The molecular weight excluding hydrogens is 236 g/mol. The lowest BCUT2D eigenvalue weighted by Gasteiger charge is -2.13. The fourth-order valence-corrected chi connectivity index (χ4v) is 1.91. The maximum absolute atomic E-state index is 6.06. The number of likely N-dealkylation sites (N-methyl/N-ethyl adjacent to an activating group) is 1. The van der Waals surface area contributed by atoms with Crippen molar-refractivity contribution >= 4 is 0 Å². The summed E-state index contributed by atoms with van der Waals surface area (Å²) in [6.07, 6.45) is 0. The first-order valence-corrected chi connectivity index (χ1v) is 6.46. The zero-order chi connectivity index (χ0) is 13.5. The summed E-state index contributed by atoms with van der Waals surface area (Å²) in [7, 11) is 1.90. The first kappa shape index (κ1) is 13.6. The average Bonchev–Trinajstić information content (AvgIpc) is 2.47. The molecule has 0 aromatic heterocycles. The van der Waals surface area contributed by atoms with Gasteiger partial charge in [-0.3, -0.25) is 0 Å². The highest BCUT2D eigenvalue weighted by molar-refractivity contribution is 5.31. The van der Waals surface area contributed by atoms with Crippen molar-refractivity contribution in [1.29, 1.82) is 0 Å². The van der Waals surface area contributed by atoms with Crippen molar-refractivity contribution in [3.63, 3.8) is 0 Å². The van der Waals surface area contributed by atoms with E-state index < -0.39 is 0 Å². The molecule has 3 N–H and O–H groups in total. The Kier molecular flexibility index (Phi) is 4.95. The Morgan fingerprint density at radius 1 is 1.11 bits per heavy atom. The summed E-state index contributed by atoms with van der Waals surface area (Å²) in [6, 6.07) is 18.1. The maximum atomic E-state index is 6.06. The summed E-state index contributed by atoms with van der Waals surface area (Å²) < 4.78 is 5.79. The van der Waals surface area contributed by atoms with Gasteiger partial charge in [0, 0.05) is 12.6 Å². The first-order chi connectivity index (χ1) is 9.29. The third kappa shape index (κ3) is 4.09. The molecule has 3 heteroatoms. The Balaban J connectivity index is 1.99. The van der Waals surface area contributed by atoms with Gasteiger partial charge in [0.05, 0.1) is 0 Å². The van der Waals surface area contributed by atoms with Crippen LogP contribution in [-0.2, 0) is 6.61 Å². The van der Waals surface area contributed by atoms with Crippen molar-refractivity contribution < 1.29 is 4.74 Å². The quantitative estimate of drug-likeness (QED) is 0.834. The molecule has 1 atom stereocenters. The van der Waals surface area contributed by atoms with E-state index in [9.17, 15) is 0 Å². The third-order valence-corrected chi connectivity index (χ3v) is 2.96. The second kappa shape index (κ2) is 6.92. The summed E-state index contributed by atoms with van der Waals surface area (Å²) in [4.78, 5) is 0. The molecule has 2 aromatic rings. The van der Waals surface area contributed by atoms with Gasteiger partial charge in [-0.25, -0.2) is 0 Å². The third-order valence-electron chi connectivity index (χ3n) is 2.96. The van der Waals surface area contributed by atoms with E-state index in [1.807, 2.05) is 49.5 Å². The number of benzene rings is 2. The van der Waals surface area contributed by atoms with Gasteiger partial charge >= 0.3 is 0 Å². The summed E-state index contributed by atoms with van der Waals surface area (Å²) in [5.41, 5.74) is 8.31. The average molecular weight is 256 g/mol. The molecule has 0 aliphatic carbocycles. The van der Waals surface area contributed by atoms with Crippen LogP contribution in [0.15, 0.2) is 54.6 Å². The van der Waals surface area contributed by atoms with E-state index in [0.717, 1.165) is 23.4 Å². The van der Waals surface area contributed by atoms with Gasteiger partial charge < -0.3 is 15.8 Å². The molecule has 2 rings (SSSR count). The molecule has 0 heterocycles. The van der Waals surface area contributed by atoms with Crippen LogP contribution in [0.5, 0.6) is 5.75 Å². The molecule has 0 amide bonds. The molecule has 0 radical (unpaired) electrons. The minimum atomic E-state index is -0.00900. The fourth-order valence-electron chi connectivity index (χ4n) is 1.91. The highest BCUT2D eigenvalue weighted by Crippen LogP contribution is 2.18. The van der Waals surface area contributed by atoms with Crippen LogP contribution in [0.1, 0.15) is 17.2 Å². The second-order valence-corrected chi connectivity index (χ2v) is 4.51. The van der Waals surface area contributed by atoms with Crippen LogP contribution in [0.4, 0.5) is 0 Å². The van der Waals surface area contributed by atoms with E-state index >= 15 is 0 Å². The molecule has 3 nitrogen and oxygen atoms in total. The van der Waals surface area contributed by atoms with Gasteiger partial charge in [0.1, 0.15) is 12.4 Å². The number of nitrogens with one attached hydrogen (secondary N) is 1. The van der Waals surface area contributed by atoms with E-state index in [-0.39, 0.29) is 6.04 Å². The van der Waals surface area contributed by atoms with Gasteiger partial charge in [0.25, 0.3) is 0 Å². The predicted octanol–water partition coefficient (Wildman–Crippen LogP) is 2.48. The van der Waals surface area contributed by atoms with Gasteiger partial charge in [0.2, 0.25) is 0 Å². The normalized spacial score (nSPS) is 12.1. The first-order valence-electron chi connectivity index (χ1n) is 6.46. The number of nitrogens with two attached hydrogens (primary N) is 1. The topological polar surface area (TPSA) is 47.3 Å². The zero-order valence-corrected chi connectivity index (χ0v) is 11.2. The van der Waals surface area contributed by atoms with Crippen molar-refractivity contribution in [3.05, 3.63) is 65.7 Å². The van der Waals surface area contributed by atoms with Crippen molar-refractivity contribution in [2.24, 2.45) is 5.73 Å². The number of hydrogen-bond acceptors (Lipinski definition) is 3. The van der Waals surface area contributed by atoms with Gasteiger partial charge in [0.15, 0.2) is 0 Å². The van der Waals surface area contributed by atoms with Crippen molar-refractivity contribution in [1.82, 2.24) is 5.32 Å². The molecule has 2 aromatic carbocycles. The maximum Gasteiger partial charge on any atom is 0.120 e. The Morgan fingerprint density at radius 3 is 2.63 bits per heavy atom. The van der Waals surface area contributed by atoms with Crippen LogP contribution in [0.25, 0.3) is 0 Å². The molecule has 100 valence electrons. The second-order valence-electron chi connectivity index (χ2n) is 4.51. The number of hydrogen-bond donors (Lipinski definition) is 2. The van der Waals surface area contributed by atoms with Crippen LogP contribution in [0.3, 0.4) is 0 Å². The van der Waals surface area contributed by atoms with E-state index in [1.54, 1.807) is 0 Å². The van der Waals surface area contributed by atoms with Gasteiger partial charge in [-0.15, -0.1) is 0 Å². The zero-order valence-electron chi connectivity index (χ0n) is 11.2. The standard InChI is InChI=1S/C16H20N2O/c1-18-11-16(17)14-8-5-9-15(10-14)19-12-13-6-3-2-4-7-13/h2-10,16,18H,11-12,17H2,1H3. The monoisotopic (exact) mass is 256 g/mol. The Hall–Kier alpha value is -1.84. The molecule has 0 saturated heterocycles. The predicted molar refractivity (Wildman–Crippen MR) is 78.1 cm³/mol. The molecule has 0 spiro atoms. The molecule has 19 heavy (non-hydrogen) atoms. The lowest BCUT2D eigenvalue weighted by Crippen LogP contribution is -2.23. The summed E-state index contributed by atoms with van der Waals surface area (Å²) in [5.74, 6) is 0.855. The van der Waals surface area contributed by atoms with Crippen molar-refractivity contribution in [3.8, 4) is 5.75 Å². The molecule has 0 bridgehead atoms. The van der Waals surface area contributed by atoms with Crippen LogP contribution in [0.2, 0.25) is 0 Å². The fraction of sp³-hybridized carbons (Fsp3) is 0.250. The molecule has 0 saturated carbocycles. The van der Waals surface area contributed by atoms with E-state index in [2.05, 4.69) is 17.4 Å². The van der Waals surface area contributed by atoms with Crippen LogP contribution in [-0.4, -0.2) is 13.6 Å². The van der Waals surface area contributed by atoms with Gasteiger partial charge in [-0.05, 0) is 30.3 Å². The van der Waals surface area contributed by atoms with Gasteiger partial charge in [-0.1, -0.05) is 42.5 Å². The molecule has 1 unspecified atom stereocenters. The minimum Gasteiger partial charge on any atom is -0.489 e. The van der Waals surface area contributed by atoms with Crippen LogP contribution < -0.4 is 15.8 Å². The molecule has 0 aliphatic rings. The van der Waals surface area contributed by atoms with E-state index in [4.69, 9.17) is 10.5 Å². The Labute approximate surface area is 114 Å². The number of ether oxygens (including phenoxy) is 1. The van der Waals surface area contributed by atoms with Crippen LogP contribution in [0, 0.1) is 0 Å². The Bertz CT molecular complexity index is 499. The highest BCUT2D eigenvalue weighted by Gasteiger charge is 2.05. The molecule has 0 fully saturated rings. The van der Waals surface area contributed by atoms with Crippen molar-refractivity contribution in [2.45, 2.75) is 12.6 Å². The minimum absolute atomic E-state index is 0.00900. The van der Waals surface area contributed by atoms with Gasteiger partial charge in [-0.2, -0.15) is 0 Å². The Morgan fingerprint density at radius 2 is 1.89 bits per heavy atom. The summed E-state index contributed by atoms with van der Waals surface area (Å²) >= 11 is 0. The SMILES string of the molecule is CNCC(N)c1cccc(OCc2ccccc2)c1. The van der Waals surface area contributed by atoms with E-state index in [1.165, 1.54) is 0 Å². The molecular formula is C16H20N2O. The number of rotatable bonds is 6. The smallest absolute Gasteiger partial charge is 0.120 e. The summed E-state index contributed by atoms with van der Waals surface area (Å²) in [6.45, 7) is 1.33. The van der Waals surface area contributed by atoms with Crippen molar-refractivity contribution in [2.75, 3.05) is 13.6 Å². The molecule has 0 aliphatic heterocycles. The lowest BCUT2D eigenvalue weighted by molar-refractivity contribution is 0.305.